The number of nitrogens with zero attached hydrogens (tertiary/aromatic N) is 1. The summed E-state index contributed by atoms with van der Waals surface area (Å²) in [5.41, 5.74) is 9.69. The van der Waals surface area contributed by atoms with Crippen LogP contribution in [0.25, 0.3) is 0 Å². The summed E-state index contributed by atoms with van der Waals surface area (Å²) in [6, 6.07) is 15.7. The lowest BCUT2D eigenvalue weighted by molar-refractivity contribution is 0.0474. The predicted octanol–water partition coefficient (Wildman–Crippen LogP) is 3.56. The number of hydrogen-bond acceptors (Lipinski definition) is 5. The zero-order valence-corrected chi connectivity index (χ0v) is 19.6. The van der Waals surface area contributed by atoms with Crippen LogP contribution in [0.4, 0.5) is 4.79 Å². The number of benzene rings is 2. The van der Waals surface area contributed by atoms with Gasteiger partial charge in [0.1, 0.15) is 5.75 Å². The SMILES string of the molecule is COc1ccc(CCn2c(C)cc(C(=O)COC(=O)c3ccc(CNC(N)=O)cc3)c2C)cc1. The van der Waals surface area contributed by atoms with Gasteiger partial charge in [0, 0.05) is 30.0 Å². The number of amides is 2. The number of urea groups is 1. The standard InChI is InChI=1S/C26H29N3O5/c1-17-14-23(18(2)29(17)13-12-19-6-10-22(33-3)11-7-19)24(30)16-34-25(31)21-8-4-20(5-9-21)15-28-26(27)32/h4-11,14H,12-13,15-16H2,1-3H3,(H3,27,28,32). The number of esters is 1. The van der Waals surface area contributed by atoms with Crippen LogP contribution in [0.3, 0.4) is 0 Å². The molecule has 3 aromatic rings. The van der Waals surface area contributed by atoms with Gasteiger partial charge in [0.25, 0.3) is 0 Å². The van der Waals surface area contributed by atoms with E-state index < -0.39 is 12.0 Å². The number of ether oxygens (including phenoxy) is 2. The van der Waals surface area contributed by atoms with Crippen molar-refractivity contribution in [1.29, 1.82) is 0 Å². The van der Waals surface area contributed by atoms with Crippen molar-refractivity contribution in [2.45, 2.75) is 33.4 Å². The van der Waals surface area contributed by atoms with Crippen molar-refractivity contribution in [3.63, 3.8) is 0 Å². The van der Waals surface area contributed by atoms with E-state index in [9.17, 15) is 14.4 Å². The Morgan fingerprint density at radius 3 is 2.24 bits per heavy atom. The van der Waals surface area contributed by atoms with Gasteiger partial charge in [-0.2, -0.15) is 0 Å². The Morgan fingerprint density at radius 1 is 0.971 bits per heavy atom. The minimum Gasteiger partial charge on any atom is -0.497 e. The Labute approximate surface area is 198 Å². The fourth-order valence-corrected chi connectivity index (χ4v) is 3.70. The number of aromatic nitrogens is 1. The summed E-state index contributed by atoms with van der Waals surface area (Å²) >= 11 is 0. The van der Waals surface area contributed by atoms with E-state index in [2.05, 4.69) is 9.88 Å². The fraction of sp³-hybridized carbons (Fsp3) is 0.269. The number of primary amides is 1. The molecule has 2 aromatic carbocycles. The van der Waals surface area contributed by atoms with E-state index in [1.165, 1.54) is 5.56 Å². The van der Waals surface area contributed by atoms with E-state index in [1.807, 2.05) is 44.2 Å². The van der Waals surface area contributed by atoms with Gasteiger partial charge >= 0.3 is 12.0 Å². The zero-order valence-electron chi connectivity index (χ0n) is 19.6. The second kappa shape index (κ2) is 11.2. The molecule has 1 heterocycles. The lowest BCUT2D eigenvalue weighted by atomic mass is 10.1. The van der Waals surface area contributed by atoms with Gasteiger partial charge in [-0.1, -0.05) is 24.3 Å². The third-order valence-corrected chi connectivity index (χ3v) is 5.65. The highest BCUT2D eigenvalue weighted by Crippen LogP contribution is 2.18. The van der Waals surface area contributed by atoms with E-state index in [-0.39, 0.29) is 18.9 Å². The fourth-order valence-electron chi connectivity index (χ4n) is 3.70. The normalized spacial score (nSPS) is 10.6. The molecule has 0 saturated heterocycles. The first kappa shape index (κ1) is 24.6. The zero-order chi connectivity index (χ0) is 24.7. The maximum atomic E-state index is 12.8. The summed E-state index contributed by atoms with van der Waals surface area (Å²) < 4.78 is 12.5. The maximum absolute atomic E-state index is 12.8. The first-order chi connectivity index (χ1) is 16.3. The summed E-state index contributed by atoms with van der Waals surface area (Å²) in [4.78, 5) is 35.9. The molecule has 34 heavy (non-hydrogen) atoms. The van der Waals surface area contributed by atoms with E-state index in [0.717, 1.165) is 35.7 Å². The molecule has 3 rings (SSSR count). The summed E-state index contributed by atoms with van der Waals surface area (Å²) in [5.74, 6) is -0.0222. The first-order valence-electron chi connectivity index (χ1n) is 10.9. The van der Waals surface area contributed by atoms with E-state index in [0.29, 0.717) is 11.1 Å². The lowest BCUT2D eigenvalue weighted by Gasteiger charge is -2.10. The minimum absolute atomic E-state index is 0.251. The van der Waals surface area contributed by atoms with Crippen molar-refractivity contribution >= 4 is 17.8 Å². The Hall–Kier alpha value is -4.07. The third kappa shape index (κ3) is 6.25. The quantitative estimate of drug-likeness (QED) is 0.353. The van der Waals surface area contributed by atoms with E-state index >= 15 is 0 Å². The van der Waals surface area contributed by atoms with Gasteiger partial charge in [-0.15, -0.1) is 0 Å². The molecule has 0 radical (unpaired) electrons. The largest absolute Gasteiger partial charge is 0.497 e. The predicted molar refractivity (Wildman–Crippen MR) is 128 cm³/mol. The molecular formula is C26H29N3O5. The second-order valence-electron chi connectivity index (χ2n) is 7.95. The molecule has 0 atom stereocenters. The van der Waals surface area contributed by atoms with Gasteiger partial charge in [0.2, 0.25) is 5.78 Å². The van der Waals surface area contributed by atoms with Crippen LogP contribution >= 0.6 is 0 Å². The van der Waals surface area contributed by atoms with Crippen molar-refractivity contribution in [2.75, 3.05) is 13.7 Å². The number of rotatable bonds is 10. The molecule has 0 aliphatic heterocycles. The minimum atomic E-state index is -0.623. The Morgan fingerprint density at radius 2 is 1.62 bits per heavy atom. The summed E-state index contributed by atoms with van der Waals surface area (Å²) in [5, 5.41) is 2.47. The average Bonchev–Trinajstić information content (AvgIpc) is 3.13. The number of Topliss-reactive ketones (excluding diaryl/α,β-unsaturated/α-hetero) is 1. The molecule has 0 fully saturated rings. The maximum Gasteiger partial charge on any atom is 0.338 e. The van der Waals surface area contributed by atoms with Gasteiger partial charge in [-0.3, -0.25) is 4.79 Å². The van der Waals surface area contributed by atoms with Gasteiger partial charge in [0.05, 0.1) is 12.7 Å². The highest BCUT2D eigenvalue weighted by molar-refractivity contribution is 6.00. The molecule has 1 aromatic heterocycles. The molecule has 8 nitrogen and oxygen atoms in total. The molecular weight excluding hydrogens is 434 g/mol. The Kier molecular flexibility index (Phi) is 8.08. The number of ketones is 1. The van der Waals surface area contributed by atoms with Gasteiger partial charge in [-0.25, -0.2) is 9.59 Å². The number of carbonyl (C=O) groups is 3. The topological polar surface area (TPSA) is 113 Å². The molecule has 0 aliphatic rings. The van der Waals surface area contributed by atoms with E-state index in [1.54, 1.807) is 31.4 Å². The third-order valence-electron chi connectivity index (χ3n) is 5.65. The molecule has 178 valence electrons. The molecule has 0 unspecified atom stereocenters. The molecule has 0 aliphatic carbocycles. The highest BCUT2D eigenvalue weighted by Gasteiger charge is 2.18. The monoisotopic (exact) mass is 463 g/mol. The number of hydrogen-bond donors (Lipinski definition) is 2. The van der Waals surface area contributed by atoms with Crippen molar-refractivity contribution in [3.8, 4) is 5.75 Å². The van der Waals surface area contributed by atoms with Gasteiger partial charge < -0.3 is 25.1 Å². The van der Waals surface area contributed by atoms with Crippen LogP contribution in [0.15, 0.2) is 54.6 Å². The summed E-state index contributed by atoms with van der Waals surface area (Å²) in [6.07, 6.45) is 0.813. The average molecular weight is 464 g/mol. The van der Waals surface area contributed by atoms with Crippen molar-refractivity contribution in [1.82, 2.24) is 9.88 Å². The number of nitrogens with two attached hydrogens (primary N) is 1. The summed E-state index contributed by atoms with van der Waals surface area (Å²) in [6.45, 7) is 4.51. The van der Waals surface area contributed by atoms with E-state index in [4.69, 9.17) is 15.2 Å². The Bertz CT molecular complexity index is 1160. The molecule has 8 heteroatoms. The van der Waals surface area contributed by atoms with Gasteiger partial charge in [-0.05, 0) is 61.7 Å². The molecule has 3 N–H and O–H groups in total. The molecule has 0 spiro atoms. The van der Waals surface area contributed by atoms with Gasteiger partial charge in [0.15, 0.2) is 6.61 Å². The highest BCUT2D eigenvalue weighted by atomic mass is 16.5. The van der Waals surface area contributed by atoms with Crippen LogP contribution in [0.1, 0.15) is 43.2 Å². The van der Waals surface area contributed by atoms with Crippen LogP contribution < -0.4 is 15.8 Å². The van der Waals surface area contributed by atoms with Crippen LogP contribution in [0.5, 0.6) is 5.75 Å². The molecule has 0 bridgehead atoms. The van der Waals surface area contributed by atoms with Crippen LogP contribution in [-0.2, 0) is 24.2 Å². The number of methoxy groups -OCH3 is 1. The number of aryl methyl sites for hydroxylation is 2. The molecule has 0 saturated carbocycles. The second-order valence-corrected chi connectivity index (χ2v) is 7.95. The van der Waals surface area contributed by atoms with Crippen LogP contribution in [0, 0.1) is 13.8 Å². The summed E-state index contributed by atoms with van der Waals surface area (Å²) in [7, 11) is 1.64. The molecule has 2 amide bonds. The number of nitrogens with one attached hydrogen (secondary N) is 1. The van der Waals surface area contributed by atoms with Crippen LogP contribution in [0.2, 0.25) is 0 Å². The Balaban J connectivity index is 1.57. The van der Waals surface area contributed by atoms with Crippen molar-refractivity contribution in [2.24, 2.45) is 5.73 Å². The number of carbonyl (C=O) groups excluding carboxylic acids is 3. The van der Waals surface area contributed by atoms with Crippen molar-refractivity contribution < 1.29 is 23.9 Å². The van der Waals surface area contributed by atoms with Crippen LogP contribution in [-0.4, -0.2) is 36.1 Å². The first-order valence-corrected chi connectivity index (χ1v) is 10.9. The smallest absolute Gasteiger partial charge is 0.338 e. The lowest BCUT2D eigenvalue weighted by Crippen LogP contribution is -2.28. The van der Waals surface area contributed by atoms with Crippen molar-refractivity contribution in [3.05, 3.63) is 88.2 Å².